The van der Waals surface area contributed by atoms with Crippen LogP contribution in [0.15, 0.2) is 12.3 Å². The number of nitrogens with zero attached hydrogens (tertiary/aromatic N) is 1. The van der Waals surface area contributed by atoms with E-state index in [1.807, 2.05) is 0 Å². The summed E-state index contributed by atoms with van der Waals surface area (Å²) in [5.41, 5.74) is 5.90. The van der Waals surface area contributed by atoms with Crippen molar-refractivity contribution in [2.45, 2.75) is 32.2 Å². The Bertz CT molecular complexity index is 453. The molecule has 1 aromatic rings. The second kappa shape index (κ2) is 3.91. The monoisotopic (exact) mass is 235 g/mol. The molecule has 0 aromatic carbocycles. The molecule has 4 N–H and O–H groups in total. The van der Waals surface area contributed by atoms with E-state index in [9.17, 15) is 4.79 Å². The highest BCUT2D eigenvalue weighted by Gasteiger charge is 2.38. The summed E-state index contributed by atoms with van der Waals surface area (Å²) >= 11 is 0. The van der Waals surface area contributed by atoms with Crippen LogP contribution < -0.4 is 11.1 Å². The van der Waals surface area contributed by atoms with Crippen molar-refractivity contribution in [1.29, 1.82) is 0 Å². The van der Waals surface area contributed by atoms with E-state index in [0.717, 1.165) is 0 Å². The van der Waals surface area contributed by atoms with Crippen molar-refractivity contribution in [2.24, 2.45) is 5.92 Å². The molecule has 17 heavy (non-hydrogen) atoms. The molecule has 0 aliphatic heterocycles. The van der Waals surface area contributed by atoms with Crippen LogP contribution >= 0.6 is 0 Å². The topological polar surface area (TPSA) is 88.2 Å². The van der Waals surface area contributed by atoms with Crippen molar-refractivity contribution in [1.82, 2.24) is 4.98 Å². The van der Waals surface area contributed by atoms with E-state index in [0.29, 0.717) is 17.4 Å². The van der Waals surface area contributed by atoms with Gasteiger partial charge >= 0.3 is 5.97 Å². The van der Waals surface area contributed by atoms with Crippen LogP contribution in [0.2, 0.25) is 0 Å². The fraction of sp³-hybridized carbons (Fsp3) is 0.500. The van der Waals surface area contributed by atoms with Crippen molar-refractivity contribution in [3.05, 3.63) is 17.8 Å². The van der Waals surface area contributed by atoms with Crippen LogP contribution in [-0.4, -0.2) is 21.6 Å². The summed E-state index contributed by atoms with van der Waals surface area (Å²) in [6.45, 7) is 4.13. The number of anilines is 2. The Morgan fingerprint density at radius 2 is 2.24 bits per heavy atom. The van der Waals surface area contributed by atoms with E-state index in [1.54, 1.807) is 0 Å². The molecule has 5 nitrogen and oxygen atoms in total. The first-order valence-corrected chi connectivity index (χ1v) is 5.67. The minimum atomic E-state index is -1.01. The Kier molecular flexibility index (Phi) is 2.69. The third-order valence-corrected chi connectivity index (χ3v) is 3.18. The van der Waals surface area contributed by atoms with Crippen molar-refractivity contribution in [3.8, 4) is 0 Å². The fourth-order valence-corrected chi connectivity index (χ4v) is 1.96. The second-order valence-corrected chi connectivity index (χ2v) is 5.09. The Hall–Kier alpha value is -1.78. The van der Waals surface area contributed by atoms with Crippen LogP contribution in [-0.2, 0) is 0 Å². The van der Waals surface area contributed by atoms with Crippen LogP contribution in [0, 0.1) is 5.92 Å². The fourth-order valence-electron chi connectivity index (χ4n) is 1.96. The lowest BCUT2D eigenvalue weighted by Crippen LogP contribution is -2.34. The van der Waals surface area contributed by atoms with Gasteiger partial charge in [0.25, 0.3) is 0 Å². The SMILES string of the molecule is CC(C)(Nc1ncc(N)cc1C(=O)O)C1CC1. The molecular weight excluding hydrogens is 218 g/mol. The minimum Gasteiger partial charge on any atom is -0.478 e. The first-order valence-electron chi connectivity index (χ1n) is 5.67. The summed E-state index contributed by atoms with van der Waals surface area (Å²) in [5.74, 6) is -0.0361. The highest BCUT2D eigenvalue weighted by molar-refractivity contribution is 5.94. The predicted molar refractivity (Wildman–Crippen MR) is 66.0 cm³/mol. The summed E-state index contributed by atoms with van der Waals surface area (Å²) in [6, 6.07) is 1.43. The quantitative estimate of drug-likeness (QED) is 0.742. The summed E-state index contributed by atoms with van der Waals surface area (Å²) in [6.07, 6.45) is 3.83. The van der Waals surface area contributed by atoms with Gasteiger partial charge in [-0.25, -0.2) is 9.78 Å². The van der Waals surface area contributed by atoms with Crippen LogP contribution in [0.25, 0.3) is 0 Å². The molecule has 1 aromatic heterocycles. The summed E-state index contributed by atoms with van der Waals surface area (Å²) < 4.78 is 0. The minimum absolute atomic E-state index is 0.124. The maximum atomic E-state index is 11.1. The molecule has 0 unspecified atom stereocenters. The van der Waals surface area contributed by atoms with E-state index in [-0.39, 0.29) is 11.1 Å². The van der Waals surface area contributed by atoms with Crippen molar-refractivity contribution in [3.63, 3.8) is 0 Å². The van der Waals surface area contributed by atoms with Crippen LogP contribution in [0.5, 0.6) is 0 Å². The van der Waals surface area contributed by atoms with Crippen molar-refractivity contribution in [2.75, 3.05) is 11.1 Å². The molecule has 0 radical (unpaired) electrons. The van der Waals surface area contributed by atoms with Crippen LogP contribution in [0.1, 0.15) is 37.0 Å². The number of nitrogen functional groups attached to an aromatic ring is 1. The number of aromatic nitrogens is 1. The molecule has 0 amide bonds. The number of pyridine rings is 1. The molecule has 0 saturated heterocycles. The Balaban J connectivity index is 2.28. The smallest absolute Gasteiger partial charge is 0.339 e. The average Bonchev–Trinajstić information content (AvgIpc) is 3.03. The van der Waals surface area contributed by atoms with Gasteiger partial charge in [0.2, 0.25) is 0 Å². The van der Waals surface area contributed by atoms with E-state index in [2.05, 4.69) is 24.1 Å². The number of hydrogen-bond acceptors (Lipinski definition) is 4. The first-order chi connectivity index (χ1) is 7.90. The van der Waals surface area contributed by atoms with Gasteiger partial charge in [0.15, 0.2) is 0 Å². The molecule has 1 heterocycles. The lowest BCUT2D eigenvalue weighted by Gasteiger charge is -2.27. The van der Waals surface area contributed by atoms with Gasteiger partial charge in [-0.3, -0.25) is 0 Å². The molecular formula is C12H17N3O2. The molecule has 1 saturated carbocycles. The highest BCUT2D eigenvalue weighted by atomic mass is 16.4. The molecule has 0 atom stereocenters. The van der Waals surface area contributed by atoms with E-state index < -0.39 is 5.97 Å². The largest absolute Gasteiger partial charge is 0.478 e. The van der Waals surface area contributed by atoms with E-state index >= 15 is 0 Å². The van der Waals surface area contributed by atoms with Gasteiger partial charge in [0.1, 0.15) is 11.4 Å². The standard InChI is InChI=1S/C12H17N3O2/c1-12(2,7-3-4-7)15-10-9(11(16)17)5-8(13)6-14-10/h5-7H,3-4,13H2,1-2H3,(H,14,15)(H,16,17). The number of hydrogen-bond donors (Lipinski definition) is 3. The van der Waals surface area contributed by atoms with E-state index in [4.69, 9.17) is 10.8 Å². The molecule has 0 spiro atoms. The number of aromatic carboxylic acids is 1. The van der Waals surface area contributed by atoms with Gasteiger partial charge in [0, 0.05) is 5.54 Å². The number of carboxylic acid groups (broad SMARTS) is 1. The molecule has 1 aliphatic carbocycles. The average molecular weight is 235 g/mol. The molecule has 1 aliphatic rings. The molecule has 92 valence electrons. The zero-order chi connectivity index (χ0) is 12.6. The summed E-state index contributed by atoms with van der Waals surface area (Å²) in [7, 11) is 0. The molecule has 0 bridgehead atoms. The van der Waals surface area contributed by atoms with Crippen molar-refractivity contribution < 1.29 is 9.90 Å². The summed E-state index contributed by atoms with van der Waals surface area (Å²) in [4.78, 5) is 15.2. The number of carbonyl (C=O) groups is 1. The van der Waals surface area contributed by atoms with Crippen molar-refractivity contribution >= 4 is 17.5 Å². The van der Waals surface area contributed by atoms with Gasteiger partial charge in [-0.15, -0.1) is 0 Å². The zero-order valence-electron chi connectivity index (χ0n) is 10.0. The van der Waals surface area contributed by atoms with Gasteiger partial charge in [-0.2, -0.15) is 0 Å². The number of rotatable bonds is 4. The zero-order valence-corrected chi connectivity index (χ0v) is 10.0. The third kappa shape index (κ3) is 2.49. The lowest BCUT2D eigenvalue weighted by atomic mass is 9.98. The Morgan fingerprint density at radius 1 is 1.59 bits per heavy atom. The first kappa shape index (κ1) is 11.7. The predicted octanol–water partition coefficient (Wildman–Crippen LogP) is 1.96. The number of nitrogens with one attached hydrogen (secondary N) is 1. The lowest BCUT2D eigenvalue weighted by molar-refractivity contribution is 0.0697. The van der Waals surface area contributed by atoms with Crippen LogP contribution in [0.3, 0.4) is 0 Å². The molecule has 5 heteroatoms. The maximum absolute atomic E-state index is 11.1. The highest BCUT2D eigenvalue weighted by Crippen LogP contribution is 2.41. The maximum Gasteiger partial charge on any atom is 0.339 e. The normalized spacial score (nSPS) is 15.6. The van der Waals surface area contributed by atoms with Gasteiger partial charge in [-0.05, 0) is 38.7 Å². The Labute approximate surface area is 100 Å². The molecule has 1 fully saturated rings. The van der Waals surface area contributed by atoms with Crippen LogP contribution in [0.4, 0.5) is 11.5 Å². The van der Waals surface area contributed by atoms with Gasteiger partial charge in [0.05, 0.1) is 11.9 Å². The van der Waals surface area contributed by atoms with Gasteiger partial charge in [-0.1, -0.05) is 0 Å². The molecule has 2 rings (SSSR count). The number of nitrogens with two attached hydrogens (primary N) is 1. The second-order valence-electron chi connectivity index (χ2n) is 5.09. The number of carboxylic acids is 1. The van der Waals surface area contributed by atoms with E-state index in [1.165, 1.54) is 25.1 Å². The van der Waals surface area contributed by atoms with Gasteiger partial charge < -0.3 is 16.2 Å². The summed E-state index contributed by atoms with van der Waals surface area (Å²) in [5, 5.41) is 12.3. The Morgan fingerprint density at radius 3 is 2.76 bits per heavy atom. The third-order valence-electron chi connectivity index (χ3n) is 3.18.